The quantitative estimate of drug-likeness (QED) is 0.0393. The van der Waals surface area contributed by atoms with Crippen LogP contribution in [-0.4, -0.2) is 146 Å². The van der Waals surface area contributed by atoms with Crippen LogP contribution in [0.15, 0.2) is 12.5 Å². The van der Waals surface area contributed by atoms with Crippen molar-refractivity contribution >= 4 is 59.1 Å². The molecule has 1 aliphatic heterocycles. The van der Waals surface area contributed by atoms with Crippen molar-refractivity contribution in [2.75, 3.05) is 31.7 Å². The predicted molar refractivity (Wildman–Crippen MR) is 213 cm³/mol. The number of aliphatic carboxylic acids is 1. The molecular weight excluding hydrogens is 779 g/mol. The van der Waals surface area contributed by atoms with Gasteiger partial charge in [-0.1, -0.05) is 13.8 Å². The molecule has 14 N–H and O–H groups in total. The van der Waals surface area contributed by atoms with Crippen LogP contribution in [0.1, 0.15) is 77.3 Å². The Labute approximate surface area is 341 Å². The van der Waals surface area contributed by atoms with E-state index >= 15 is 0 Å². The van der Waals surface area contributed by atoms with E-state index in [2.05, 4.69) is 36.6 Å². The zero-order valence-corrected chi connectivity index (χ0v) is 34.2. The number of amides is 7. The molecule has 0 radical (unpaired) electrons. The molecule has 7 atom stereocenters. The van der Waals surface area contributed by atoms with Crippen molar-refractivity contribution in [3.63, 3.8) is 0 Å². The standard InChI is InChI=1S/C36H61N11O10S/c1-20(2)15-22(38)30(50)42-24(9-10-29(39)49)32(52)45-26(16-21-17-40-19-41-21)33(53)43-23(7-4-5-12-37)31(51)46-27(18-48)34(54)44-25(11-14-58-3)35(55)47-13-6-8-28(47)36(56)57/h17,19-20,22-28,48H,4-16,18,37-38H2,1-3H3,(H2,39,49)(H,40,41)(H,42,50)(H,43,53)(H,44,54)(H,45,52)(H,46,51)(H,56,57)/t22-,23-,24-,25-,26-,27-,28-/m0/s1. The molecule has 1 aromatic rings. The minimum Gasteiger partial charge on any atom is -0.480 e. The third kappa shape index (κ3) is 16.6. The Morgan fingerprint density at radius 2 is 1.47 bits per heavy atom. The van der Waals surface area contributed by atoms with Crippen LogP contribution < -0.4 is 43.8 Å². The van der Waals surface area contributed by atoms with E-state index in [4.69, 9.17) is 17.2 Å². The van der Waals surface area contributed by atoms with Crippen LogP contribution in [0.4, 0.5) is 0 Å². The summed E-state index contributed by atoms with van der Waals surface area (Å²) in [5.74, 6) is -6.07. The van der Waals surface area contributed by atoms with Gasteiger partial charge in [-0.05, 0) is 75.8 Å². The fraction of sp³-hybridized carbons (Fsp3) is 0.694. The van der Waals surface area contributed by atoms with Gasteiger partial charge in [0.15, 0.2) is 0 Å². The van der Waals surface area contributed by atoms with Crippen LogP contribution in [0, 0.1) is 5.92 Å². The molecule has 0 aromatic carbocycles. The van der Waals surface area contributed by atoms with E-state index in [-0.39, 0.29) is 57.5 Å². The number of nitrogens with zero attached hydrogens (tertiary/aromatic N) is 2. The van der Waals surface area contributed by atoms with Gasteiger partial charge < -0.3 is 63.9 Å². The third-order valence-corrected chi connectivity index (χ3v) is 10.1. The molecule has 0 bridgehead atoms. The molecule has 1 fully saturated rings. The lowest BCUT2D eigenvalue weighted by Crippen LogP contribution is -2.60. The maximum atomic E-state index is 13.9. The molecule has 2 heterocycles. The van der Waals surface area contributed by atoms with E-state index in [0.717, 1.165) is 0 Å². The summed E-state index contributed by atoms with van der Waals surface area (Å²) in [6.07, 6.45) is 6.02. The monoisotopic (exact) mass is 839 g/mol. The molecule has 326 valence electrons. The molecule has 0 saturated carbocycles. The number of carboxylic acid groups (broad SMARTS) is 1. The van der Waals surface area contributed by atoms with Crippen molar-refractivity contribution in [3.8, 4) is 0 Å². The van der Waals surface area contributed by atoms with Crippen molar-refractivity contribution < 1.29 is 48.6 Å². The first-order valence-electron chi connectivity index (χ1n) is 19.4. The molecule has 22 heteroatoms. The Balaban J connectivity index is 2.31. The molecule has 1 aromatic heterocycles. The Kier molecular flexibility index (Phi) is 21.7. The van der Waals surface area contributed by atoms with Crippen LogP contribution in [0.3, 0.4) is 0 Å². The first-order valence-corrected chi connectivity index (χ1v) is 20.8. The highest BCUT2D eigenvalue weighted by molar-refractivity contribution is 7.98. The summed E-state index contributed by atoms with van der Waals surface area (Å²) in [6, 6.07) is -8.69. The minimum absolute atomic E-state index is 0.0324. The van der Waals surface area contributed by atoms with Gasteiger partial charge in [-0.25, -0.2) is 9.78 Å². The van der Waals surface area contributed by atoms with Gasteiger partial charge in [-0.15, -0.1) is 0 Å². The SMILES string of the molecule is CSCC[C@H](NC(=O)[C@H](CO)NC(=O)[C@H](CCCCN)NC(=O)[C@H](Cc1cnc[nH]1)NC(=O)[C@H](CCC(N)=O)NC(=O)[C@@H](N)CC(C)C)C(=O)N1CCC[C@H]1C(=O)O. The van der Waals surface area contributed by atoms with E-state index in [1.165, 1.54) is 29.2 Å². The molecule has 7 amide bonds. The van der Waals surface area contributed by atoms with Crippen LogP contribution in [0.25, 0.3) is 0 Å². The summed E-state index contributed by atoms with van der Waals surface area (Å²) in [4.78, 5) is 113. The Bertz CT molecular complexity index is 1530. The highest BCUT2D eigenvalue weighted by Gasteiger charge is 2.39. The van der Waals surface area contributed by atoms with E-state index in [9.17, 15) is 48.6 Å². The first kappa shape index (κ1) is 49.3. The molecular formula is C36H61N11O10S. The second-order valence-electron chi connectivity index (χ2n) is 14.6. The van der Waals surface area contributed by atoms with Crippen molar-refractivity contribution in [2.45, 2.75) is 120 Å². The predicted octanol–water partition coefficient (Wildman–Crippen LogP) is -3.03. The van der Waals surface area contributed by atoms with E-state index in [1.807, 2.05) is 13.8 Å². The van der Waals surface area contributed by atoms with Crippen molar-refractivity contribution in [1.29, 1.82) is 0 Å². The summed E-state index contributed by atoms with van der Waals surface area (Å²) < 4.78 is 0. The average molecular weight is 840 g/mol. The average Bonchev–Trinajstić information content (AvgIpc) is 3.88. The first-order chi connectivity index (χ1) is 27.5. The Hall–Kier alpha value is -4.80. The number of H-pyrrole nitrogens is 1. The number of imidazole rings is 1. The summed E-state index contributed by atoms with van der Waals surface area (Å²) >= 11 is 1.40. The number of aliphatic hydroxyl groups is 1. The number of hydrogen-bond donors (Lipinski definition) is 11. The van der Waals surface area contributed by atoms with Gasteiger partial charge in [0.1, 0.15) is 36.3 Å². The van der Waals surface area contributed by atoms with Gasteiger partial charge in [-0.2, -0.15) is 11.8 Å². The van der Waals surface area contributed by atoms with Crippen LogP contribution in [0.5, 0.6) is 0 Å². The number of carbonyl (C=O) groups is 8. The van der Waals surface area contributed by atoms with Gasteiger partial charge in [0.25, 0.3) is 0 Å². The number of hydrogen-bond acceptors (Lipinski definition) is 13. The topological polar surface area (TPSA) is 347 Å². The number of aromatic nitrogens is 2. The summed E-state index contributed by atoms with van der Waals surface area (Å²) in [6.45, 7) is 3.32. The molecule has 58 heavy (non-hydrogen) atoms. The lowest BCUT2D eigenvalue weighted by molar-refractivity contribution is -0.149. The number of thioether (sulfide) groups is 1. The molecule has 1 aliphatic rings. The second kappa shape index (κ2) is 25.5. The fourth-order valence-corrected chi connectivity index (χ4v) is 6.77. The van der Waals surface area contributed by atoms with Crippen molar-refractivity contribution in [1.82, 2.24) is 41.5 Å². The molecule has 21 nitrogen and oxygen atoms in total. The Morgan fingerprint density at radius 1 is 0.879 bits per heavy atom. The van der Waals surface area contributed by atoms with Gasteiger partial charge in [-0.3, -0.25) is 33.6 Å². The summed E-state index contributed by atoms with van der Waals surface area (Å²) in [5, 5.41) is 32.5. The van der Waals surface area contributed by atoms with Crippen molar-refractivity contribution in [2.24, 2.45) is 23.1 Å². The molecule has 1 saturated heterocycles. The van der Waals surface area contributed by atoms with Gasteiger partial charge in [0.05, 0.1) is 19.0 Å². The molecule has 0 unspecified atom stereocenters. The molecule has 0 spiro atoms. The number of likely N-dealkylation sites (tertiary alicyclic amines) is 1. The minimum atomic E-state index is -1.57. The highest BCUT2D eigenvalue weighted by Crippen LogP contribution is 2.20. The number of nitrogens with two attached hydrogens (primary N) is 3. The Morgan fingerprint density at radius 3 is 2.03 bits per heavy atom. The van der Waals surface area contributed by atoms with Gasteiger partial charge in [0, 0.05) is 31.3 Å². The largest absolute Gasteiger partial charge is 0.480 e. The number of primary amides is 1. The number of nitrogens with one attached hydrogen (secondary N) is 6. The number of unbranched alkanes of at least 4 members (excludes halogenated alkanes) is 1. The number of aliphatic hydroxyl groups excluding tert-OH is 1. The lowest BCUT2D eigenvalue weighted by atomic mass is 10.0. The summed E-state index contributed by atoms with van der Waals surface area (Å²) in [5.41, 5.74) is 17.4. The number of carboxylic acids is 1. The zero-order chi connectivity index (χ0) is 43.4. The van der Waals surface area contributed by atoms with Gasteiger partial charge in [0.2, 0.25) is 41.4 Å². The molecule has 0 aliphatic carbocycles. The van der Waals surface area contributed by atoms with Crippen molar-refractivity contribution in [3.05, 3.63) is 18.2 Å². The maximum absolute atomic E-state index is 13.9. The van der Waals surface area contributed by atoms with E-state index in [0.29, 0.717) is 37.1 Å². The lowest BCUT2D eigenvalue weighted by Gasteiger charge is -2.29. The molecule has 2 rings (SSSR count). The number of aromatic amines is 1. The number of carbonyl (C=O) groups excluding carboxylic acids is 7. The maximum Gasteiger partial charge on any atom is 0.326 e. The van der Waals surface area contributed by atoms with E-state index in [1.54, 1.807) is 6.26 Å². The van der Waals surface area contributed by atoms with Crippen LogP contribution in [-0.2, 0) is 44.8 Å². The number of rotatable bonds is 27. The summed E-state index contributed by atoms with van der Waals surface area (Å²) in [7, 11) is 0. The smallest absolute Gasteiger partial charge is 0.326 e. The van der Waals surface area contributed by atoms with E-state index < -0.39 is 96.2 Å². The van der Waals surface area contributed by atoms with Crippen LogP contribution in [0.2, 0.25) is 0 Å². The fourth-order valence-electron chi connectivity index (χ4n) is 6.30. The normalized spacial score (nSPS) is 16.9. The highest BCUT2D eigenvalue weighted by atomic mass is 32.2. The third-order valence-electron chi connectivity index (χ3n) is 9.43. The van der Waals surface area contributed by atoms with Gasteiger partial charge >= 0.3 is 5.97 Å². The second-order valence-corrected chi connectivity index (χ2v) is 15.6. The van der Waals surface area contributed by atoms with Crippen LogP contribution >= 0.6 is 11.8 Å². The zero-order valence-electron chi connectivity index (χ0n) is 33.4.